The fourth-order valence-corrected chi connectivity index (χ4v) is 5.55. The second-order valence-electron chi connectivity index (χ2n) is 8.97. The van der Waals surface area contributed by atoms with Crippen LogP contribution in [0.15, 0.2) is 48.5 Å². The third kappa shape index (κ3) is 4.55. The van der Waals surface area contributed by atoms with Crippen LogP contribution in [-0.4, -0.2) is 66.5 Å². The summed E-state index contributed by atoms with van der Waals surface area (Å²) in [6, 6.07) is 13.3. The fraction of sp³-hybridized carbons (Fsp3) is 0.429. The maximum Gasteiger partial charge on any atom is 0.323 e. The highest BCUT2D eigenvalue weighted by Crippen LogP contribution is 2.61. The van der Waals surface area contributed by atoms with Crippen LogP contribution >= 0.6 is 0 Å². The van der Waals surface area contributed by atoms with Gasteiger partial charge in [-0.25, -0.2) is 0 Å². The van der Waals surface area contributed by atoms with E-state index in [1.165, 1.54) is 42.7 Å². The predicted molar refractivity (Wildman–Crippen MR) is 134 cm³/mol. The number of carbonyl (C=O) groups is 4. The first kappa shape index (κ1) is 28.5. The van der Waals surface area contributed by atoms with Crippen molar-refractivity contribution in [3.8, 4) is 11.5 Å². The van der Waals surface area contributed by atoms with Gasteiger partial charge in [-0.1, -0.05) is 24.3 Å². The standard InChI is InChI=1S/C28H32O10/c1-33-19-11-7-17(8-12-19)21-15-28(25(31)37-5,26(32)38-6)22(18-9-13-20(34-2)14-10-18)16-27(21,23(29)35-3)24(30)36-4/h7-14,21-22H,15-16H2,1-6H3/t21-,22-/m1/s1. The van der Waals surface area contributed by atoms with Crippen molar-refractivity contribution in [1.82, 2.24) is 0 Å². The van der Waals surface area contributed by atoms with E-state index in [-0.39, 0.29) is 12.8 Å². The highest BCUT2D eigenvalue weighted by atomic mass is 16.6. The molecule has 2 atom stereocenters. The molecule has 10 heteroatoms. The number of carbonyl (C=O) groups excluding carboxylic acids is 4. The van der Waals surface area contributed by atoms with E-state index in [0.717, 1.165) is 0 Å². The second kappa shape index (κ2) is 11.5. The lowest BCUT2D eigenvalue weighted by molar-refractivity contribution is -0.189. The average Bonchev–Trinajstić information content (AvgIpc) is 2.98. The summed E-state index contributed by atoms with van der Waals surface area (Å²) >= 11 is 0. The van der Waals surface area contributed by atoms with Crippen molar-refractivity contribution in [3.63, 3.8) is 0 Å². The Morgan fingerprint density at radius 3 is 1.00 bits per heavy atom. The molecule has 0 spiro atoms. The van der Waals surface area contributed by atoms with Gasteiger partial charge in [-0.3, -0.25) is 19.2 Å². The lowest BCUT2D eigenvalue weighted by Gasteiger charge is -2.50. The molecule has 0 aromatic heterocycles. The van der Waals surface area contributed by atoms with Crippen LogP contribution in [-0.2, 0) is 38.1 Å². The number of benzene rings is 2. The Kier molecular flexibility index (Phi) is 8.65. The van der Waals surface area contributed by atoms with Crippen LogP contribution in [0.2, 0.25) is 0 Å². The molecule has 0 saturated heterocycles. The molecule has 2 aromatic carbocycles. The molecule has 0 N–H and O–H groups in total. The van der Waals surface area contributed by atoms with Crippen molar-refractivity contribution < 1.29 is 47.6 Å². The van der Waals surface area contributed by atoms with E-state index in [2.05, 4.69) is 0 Å². The van der Waals surface area contributed by atoms with Crippen LogP contribution in [0.3, 0.4) is 0 Å². The van der Waals surface area contributed by atoms with Crippen molar-refractivity contribution in [1.29, 1.82) is 0 Å². The fourth-order valence-electron chi connectivity index (χ4n) is 5.55. The van der Waals surface area contributed by atoms with Gasteiger partial charge >= 0.3 is 23.9 Å². The summed E-state index contributed by atoms with van der Waals surface area (Å²) in [6.07, 6.45) is -0.612. The minimum Gasteiger partial charge on any atom is -0.497 e. The monoisotopic (exact) mass is 528 g/mol. The summed E-state index contributed by atoms with van der Waals surface area (Å²) in [5.41, 5.74) is -2.83. The summed E-state index contributed by atoms with van der Waals surface area (Å²) < 4.78 is 31.1. The van der Waals surface area contributed by atoms with E-state index >= 15 is 0 Å². The number of rotatable bonds is 8. The lowest BCUT2D eigenvalue weighted by atomic mass is 9.50. The summed E-state index contributed by atoms with van der Waals surface area (Å²) in [4.78, 5) is 54.3. The first-order valence-electron chi connectivity index (χ1n) is 11.8. The van der Waals surface area contributed by atoms with Gasteiger partial charge in [0.15, 0.2) is 10.8 Å². The Morgan fingerprint density at radius 2 is 0.789 bits per heavy atom. The largest absolute Gasteiger partial charge is 0.497 e. The van der Waals surface area contributed by atoms with E-state index in [1.807, 2.05) is 0 Å². The number of hydrogen-bond donors (Lipinski definition) is 0. The molecule has 1 fully saturated rings. The third-order valence-electron chi connectivity index (χ3n) is 7.48. The van der Waals surface area contributed by atoms with Crippen molar-refractivity contribution >= 4 is 23.9 Å². The van der Waals surface area contributed by atoms with Crippen LogP contribution in [0.5, 0.6) is 11.5 Å². The highest BCUT2D eigenvalue weighted by Gasteiger charge is 2.69. The molecule has 38 heavy (non-hydrogen) atoms. The molecule has 2 aromatic rings. The van der Waals surface area contributed by atoms with Crippen molar-refractivity contribution in [2.24, 2.45) is 10.8 Å². The van der Waals surface area contributed by atoms with E-state index in [0.29, 0.717) is 22.6 Å². The van der Waals surface area contributed by atoms with Crippen molar-refractivity contribution in [2.45, 2.75) is 24.7 Å². The number of hydrogen-bond acceptors (Lipinski definition) is 10. The van der Waals surface area contributed by atoms with Gasteiger partial charge in [0.2, 0.25) is 0 Å². The van der Waals surface area contributed by atoms with Crippen LogP contribution in [0, 0.1) is 10.8 Å². The highest BCUT2D eigenvalue weighted by molar-refractivity contribution is 6.05. The van der Waals surface area contributed by atoms with Crippen LogP contribution in [0.25, 0.3) is 0 Å². The molecule has 10 nitrogen and oxygen atoms in total. The van der Waals surface area contributed by atoms with E-state index in [1.54, 1.807) is 48.5 Å². The first-order chi connectivity index (χ1) is 18.2. The molecular weight excluding hydrogens is 496 g/mol. The van der Waals surface area contributed by atoms with Gasteiger partial charge in [0.05, 0.1) is 42.7 Å². The first-order valence-corrected chi connectivity index (χ1v) is 11.8. The van der Waals surface area contributed by atoms with E-state index in [9.17, 15) is 19.2 Å². The Balaban J connectivity index is 2.39. The normalized spacial score (nSPS) is 19.4. The van der Waals surface area contributed by atoms with Gasteiger partial charge in [-0.05, 0) is 48.2 Å². The van der Waals surface area contributed by atoms with Crippen LogP contribution in [0.1, 0.15) is 35.8 Å². The molecule has 0 radical (unpaired) electrons. The van der Waals surface area contributed by atoms with E-state index in [4.69, 9.17) is 28.4 Å². The molecule has 0 aliphatic heterocycles. The molecule has 0 heterocycles. The molecule has 0 amide bonds. The van der Waals surface area contributed by atoms with Crippen molar-refractivity contribution in [2.75, 3.05) is 42.7 Å². The third-order valence-corrected chi connectivity index (χ3v) is 7.48. The number of esters is 4. The number of ether oxygens (including phenoxy) is 6. The molecule has 1 saturated carbocycles. The smallest absolute Gasteiger partial charge is 0.323 e. The molecule has 1 aliphatic carbocycles. The zero-order valence-corrected chi connectivity index (χ0v) is 22.3. The maximum absolute atomic E-state index is 13.6. The van der Waals surface area contributed by atoms with E-state index < -0.39 is 46.5 Å². The molecule has 3 rings (SSSR count). The van der Waals surface area contributed by atoms with Crippen LogP contribution in [0.4, 0.5) is 0 Å². The summed E-state index contributed by atoms with van der Waals surface area (Å²) in [5, 5.41) is 0. The zero-order chi connectivity index (χ0) is 28.1. The summed E-state index contributed by atoms with van der Waals surface area (Å²) in [5.74, 6) is -4.40. The minimum atomic E-state index is -1.91. The molecule has 0 unspecified atom stereocenters. The molecule has 1 aliphatic rings. The molecule has 0 bridgehead atoms. The van der Waals surface area contributed by atoms with Gasteiger partial charge < -0.3 is 28.4 Å². The number of methoxy groups -OCH3 is 6. The summed E-state index contributed by atoms with van der Waals surface area (Å²) in [7, 11) is 7.68. The maximum atomic E-state index is 13.6. The molecule has 204 valence electrons. The average molecular weight is 529 g/mol. The minimum absolute atomic E-state index is 0.306. The molecular formula is C28H32O10. The Bertz CT molecular complexity index is 1040. The second-order valence-corrected chi connectivity index (χ2v) is 8.97. The Hall–Kier alpha value is -4.08. The lowest BCUT2D eigenvalue weighted by Crippen LogP contribution is -2.59. The topological polar surface area (TPSA) is 124 Å². The summed E-state index contributed by atoms with van der Waals surface area (Å²) in [6.45, 7) is 0. The van der Waals surface area contributed by atoms with Gasteiger partial charge in [0.25, 0.3) is 0 Å². The zero-order valence-electron chi connectivity index (χ0n) is 22.3. The van der Waals surface area contributed by atoms with Crippen molar-refractivity contribution in [3.05, 3.63) is 59.7 Å². The Labute approximate surface area is 221 Å². The van der Waals surface area contributed by atoms with Gasteiger partial charge in [-0.15, -0.1) is 0 Å². The van der Waals surface area contributed by atoms with Gasteiger partial charge in [0, 0.05) is 11.8 Å². The quantitative estimate of drug-likeness (QED) is 0.287. The van der Waals surface area contributed by atoms with Gasteiger partial charge in [0.1, 0.15) is 11.5 Å². The predicted octanol–water partition coefficient (Wildman–Crippen LogP) is 3.03. The SMILES string of the molecule is COC(=O)C1(C(=O)OC)C[C@H](c2ccc(OC)cc2)C(C(=O)OC)(C(=O)OC)C[C@@H]1c1ccc(OC)cc1. The Morgan fingerprint density at radius 1 is 0.526 bits per heavy atom. The van der Waals surface area contributed by atoms with Gasteiger partial charge in [-0.2, -0.15) is 0 Å². The van der Waals surface area contributed by atoms with Crippen LogP contribution < -0.4 is 9.47 Å².